The number of halogens is 1. The number of hydrogen-bond donors (Lipinski definition) is 2. The zero-order valence-corrected chi connectivity index (χ0v) is 14.2. The molecule has 2 fully saturated rings. The van der Waals surface area contributed by atoms with Crippen LogP contribution >= 0.6 is 0 Å². The number of pyridine rings is 1. The summed E-state index contributed by atoms with van der Waals surface area (Å²) in [7, 11) is 1.54. The summed E-state index contributed by atoms with van der Waals surface area (Å²) in [6.07, 6.45) is 7.28. The third-order valence-electron chi connectivity index (χ3n) is 5.06. The van der Waals surface area contributed by atoms with Gasteiger partial charge in [0.1, 0.15) is 5.82 Å². The molecule has 1 aromatic heterocycles. The molecular formula is C18H26FN3O2. The highest BCUT2D eigenvalue weighted by Crippen LogP contribution is 2.34. The van der Waals surface area contributed by atoms with E-state index in [1.165, 1.54) is 19.6 Å². The molecule has 2 N–H and O–H groups in total. The van der Waals surface area contributed by atoms with Crippen LogP contribution in [0.2, 0.25) is 0 Å². The first kappa shape index (κ1) is 17.1. The average molecular weight is 335 g/mol. The van der Waals surface area contributed by atoms with Crippen molar-refractivity contribution < 1.29 is 13.9 Å². The Bertz CT molecular complexity index is 582. The van der Waals surface area contributed by atoms with Crippen LogP contribution in [0.15, 0.2) is 6.07 Å². The quantitative estimate of drug-likeness (QED) is 0.868. The fourth-order valence-electron chi connectivity index (χ4n) is 3.70. The number of hydrogen-bond acceptors (Lipinski definition) is 4. The van der Waals surface area contributed by atoms with Gasteiger partial charge in [0.2, 0.25) is 11.8 Å². The second-order valence-corrected chi connectivity index (χ2v) is 6.73. The zero-order valence-electron chi connectivity index (χ0n) is 14.2. The van der Waals surface area contributed by atoms with Crippen LogP contribution in [0.1, 0.15) is 62.1 Å². The second kappa shape index (κ2) is 7.92. The minimum Gasteiger partial charge on any atom is -0.481 e. The third kappa shape index (κ3) is 3.86. The number of nitrogens with one attached hydrogen (secondary N) is 2. The van der Waals surface area contributed by atoms with Crippen molar-refractivity contribution in [2.75, 3.05) is 13.7 Å². The van der Waals surface area contributed by atoms with Crippen LogP contribution in [-0.2, 0) is 11.3 Å². The van der Waals surface area contributed by atoms with E-state index in [2.05, 4.69) is 15.6 Å². The maximum Gasteiger partial charge on any atom is 0.237 e. The average Bonchev–Trinajstić information content (AvgIpc) is 3.15. The Balaban J connectivity index is 1.70. The van der Waals surface area contributed by atoms with Gasteiger partial charge in [-0.25, -0.2) is 9.37 Å². The van der Waals surface area contributed by atoms with Gasteiger partial charge in [-0.15, -0.1) is 0 Å². The van der Waals surface area contributed by atoms with Crippen molar-refractivity contribution in [3.8, 4) is 5.88 Å². The first-order valence-corrected chi connectivity index (χ1v) is 8.93. The van der Waals surface area contributed by atoms with Gasteiger partial charge < -0.3 is 15.4 Å². The van der Waals surface area contributed by atoms with Gasteiger partial charge in [-0.05, 0) is 38.3 Å². The van der Waals surface area contributed by atoms with Gasteiger partial charge in [0.15, 0.2) is 0 Å². The summed E-state index contributed by atoms with van der Waals surface area (Å²) in [5.41, 5.74) is 1.10. The lowest BCUT2D eigenvalue weighted by molar-refractivity contribution is -0.122. The Morgan fingerprint density at radius 3 is 2.79 bits per heavy atom. The lowest BCUT2D eigenvalue weighted by Crippen LogP contribution is -2.40. The molecule has 1 amide bonds. The third-order valence-corrected chi connectivity index (χ3v) is 5.06. The molecule has 0 aromatic carbocycles. The predicted octanol–water partition coefficient (Wildman–Crippen LogP) is 2.65. The van der Waals surface area contributed by atoms with Crippen molar-refractivity contribution in [1.29, 1.82) is 0 Å². The first-order chi connectivity index (χ1) is 11.7. The van der Waals surface area contributed by atoms with Crippen molar-refractivity contribution in [2.24, 2.45) is 0 Å². The number of methoxy groups -OCH3 is 1. The first-order valence-electron chi connectivity index (χ1n) is 8.93. The number of amides is 1. The monoisotopic (exact) mass is 335 g/mol. The predicted molar refractivity (Wildman–Crippen MR) is 89.4 cm³/mol. The minimum atomic E-state index is -0.286. The van der Waals surface area contributed by atoms with Gasteiger partial charge in [-0.2, -0.15) is 0 Å². The molecule has 1 saturated heterocycles. The van der Waals surface area contributed by atoms with Crippen LogP contribution in [0.5, 0.6) is 5.88 Å². The molecule has 0 bridgehead atoms. The van der Waals surface area contributed by atoms with Crippen LogP contribution in [0, 0.1) is 5.82 Å². The van der Waals surface area contributed by atoms with Crippen molar-refractivity contribution in [2.45, 2.75) is 63.5 Å². The summed E-state index contributed by atoms with van der Waals surface area (Å²) in [6, 6.07) is 1.33. The van der Waals surface area contributed by atoms with Crippen LogP contribution in [0.25, 0.3) is 0 Å². The highest BCUT2D eigenvalue weighted by atomic mass is 19.1. The number of rotatable bonds is 5. The number of carbonyl (C=O) groups is 1. The number of ether oxygens (including phenoxy) is 1. The Labute approximate surface area is 142 Å². The molecule has 1 saturated carbocycles. The van der Waals surface area contributed by atoms with E-state index < -0.39 is 0 Å². The smallest absolute Gasteiger partial charge is 0.237 e. The highest BCUT2D eigenvalue weighted by Gasteiger charge is 2.24. The van der Waals surface area contributed by atoms with Crippen molar-refractivity contribution >= 4 is 5.91 Å². The van der Waals surface area contributed by atoms with Crippen LogP contribution < -0.4 is 15.4 Å². The largest absolute Gasteiger partial charge is 0.481 e. The summed E-state index contributed by atoms with van der Waals surface area (Å²) in [6.45, 7) is 1.10. The molecule has 1 aromatic rings. The fraction of sp³-hybridized carbons (Fsp3) is 0.667. The van der Waals surface area contributed by atoms with Crippen molar-refractivity contribution in [3.05, 3.63) is 23.1 Å². The molecule has 0 spiro atoms. The van der Waals surface area contributed by atoms with Gasteiger partial charge in [0.25, 0.3) is 0 Å². The maximum atomic E-state index is 14.5. The molecule has 0 radical (unpaired) electrons. The fourth-order valence-corrected chi connectivity index (χ4v) is 3.70. The molecule has 2 heterocycles. The molecule has 24 heavy (non-hydrogen) atoms. The van der Waals surface area contributed by atoms with E-state index >= 15 is 0 Å². The Kier molecular flexibility index (Phi) is 5.66. The Hall–Kier alpha value is -1.69. The lowest BCUT2D eigenvalue weighted by Gasteiger charge is -2.22. The topological polar surface area (TPSA) is 63.2 Å². The van der Waals surface area contributed by atoms with Crippen molar-refractivity contribution in [3.63, 3.8) is 0 Å². The van der Waals surface area contributed by atoms with E-state index in [1.54, 1.807) is 0 Å². The summed E-state index contributed by atoms with van der Waals surface area (Å²) in [4.78, 5) is 16.5. The lowest BCUT2D eigenvalue weighted by atomic mass is 9.86. The van der Waals surface area contributed by atoms with Gasteiger partial charge >= 0.3 is 0 Å². The molecule has 1 aliphatic carbocycles. The SMILES string of the molecule is COc1nc(C2CCCCC2)c(F)cc1CNC(=O)[C@@H]1CCCN1. The summed E-state index contributed by atoms with van der Waals surface area (Å²) >= 11 is 0. The van der Waals surface area contributed by atoms with E-state index in [0.29, 0.717) is 17.1 Å². The molecule has 132 valence electrons. The molecule has 1 atom stereocenters. The molecule has 1 aliphatic heterocycles. The minimum absolute atomic E-state index is 0.0497. The van der Waals surface area contributed by atoms with Gasteiger partial charge in [-0.1, -0.05) is 19.3 Å². The standard InChI is InChI=1S/C18H26FN3O2/c1-24-18-13(11-21-17(23)15-8-5-9-20-15)10-14(19)16(22-18)12-6-3-2-4-7-12/h10,12,15,20H,2-9,11H2,1H3,(H,21,23)/t15-/m0/s1. The van der Waals surface area contributed by atoms with E-state index in [-0.39, 0.29) is 30.2 Å². The molecular weight excluding hydrogens is 309 g/mol. The second-order valence-electron chi connectivity index (χ2n) is 6.73. The zero-order chi connectivity index (χ0) is 16.9. The Morgan fingerprint density at radius 2 is 2.12 bits per heavy atom. The van der Waals surface area contributed by atoms with Gasteiger partial charge in [0.05, 0.1) is 18.8 Å². The van der Waals surface area contributed by atoms with Crippen LogP contribution in [-0.4, -0.2) is 30.6 Å². The molecule has 5 nitrogen and oxygen atoms in total. The molecule has 0 unspecified atom stereocenters. The van der Waals surface area contributed by atoms with Crippen molar-refractivity contribution in [1.82, 2.24) is 15.6 Å². The number of carbonyl (C=O) groups excluding carboxylic acids is 1. The van der Waals surface area contributed by atoms with Gasteiger partial charge in [-0.3, -0.25) is 4.79 Å². The van der Waals surface area contributed by atoms with Gasteiger partial charge in [0, 0.05) is 18.0 Å². The van der Waals surface area contributed by atoms with Crippen LogP contribution in [0.4, 0.5) is 4.39 Å². The molecule has 6 heteroatoms. The van der Waals surface area contributed by atoms with E-state index in [1.807, 2.05) is 0 Å². The van der Waals surface area contributed by atoms with E-state index in [4.69, 9.17) is 4.74 Å². The normalized spacial score (nSPS) is 21.7. The number of aromatic nitrogens is 1. The van der Waals surface area contributed by atoms with E-state index in [0.717, 1.165) is 45.1 Å². The summed E-state index contributed by atoms with van der Waals surface area (Å²) < 4.78 is 19.9. The van der Waals surface area contributed by atoms with E-state index in [9.17, 15) is 9.18 Å². The molecule has 2 aliphatic rings. The Morgan fingerprint density at radius 1 is 1.33 bits per heavy atom. The van der Waals surface area contributed by atoms with Crippen LogP contribution in [0.3, 0.4) is 0 Å². The summed E-state index contributed by atoms with van der Waals surface area (Å²) in [5, 5.41) is 6.01. The molecule has 3 rings (SSSR count). The highest BCUT2D eigenvalue weighted by molar-refractivity contribution is 5.82. The maximum absolute atomic E-state index is 14.5. The number of nitrogens with zero attached hydrogens (tertiary/aromatic N) is 1. The summed E-state index contributed by atoms with van der Waals surface area (Å²) in [5.74, 6) is 0.257.